The highest BCUT2D eigenvalue weighted by Gasteiger charge is 2.64. The monoisotopic (exact) mass is 397 g/mol. The summed E-state index contributed by atoms with van der Waals surface area (Å²) in [7, 11) is 0. The molecule has 1 atom stereocenters. The lowest BCUT2D eigenvalue weighted by Crippen LogP contribution is -2.56. The molecule has 2 rings (SSSR count). The molecular formula is C21H23N3O5. The lowest BCUT2D eigenvalue weighted by atomic mass is 9.53. The molecule has 8 heteroatoms. The van der Waals surface area contributed by atoms with E-state index in [1.807, 2.05) is 12.1 Å². The number of nitrogens with zero attached hydrogens (tertiary/aromatic N) is 3. The molecule has 0 bridgehead atoms. The number of rotatable bonds is 7. The quantitative estimate of drug-likeness (QED) is 0.390. The van der Waals surface area contributed by atoms with Crippen LogP contribution in [-0.4, -0.2) is 35.9 Å². The molecule has 1 aliphatic rings. The number of Topliss-reactive ketones (excluding diaryl/α,β-unsaturated/α-hetero) is 1. The predicted octanol–water partition coefficient (Wildman–Crippen LogP) is 2.60. The van der Waals surface area contributed by atoms with Crippen LogP contribution in [0.4, 0.5) is 0 Å². The van der Waals surface area contributed by atoms with Crippen LogP contribution in [0.3, 0.4) is 0 Å². The number of hydrogen-bond donors (Lipinski definition) is 0. The third-order valence-electron chi connectivity index (χ3n) is 5.38. The van der Waals surface area contributed by atoms with Gasteiger partial charge in [0.2, 0.25) is 0 Å². The Hall–Kier alpha value is -3.26. The Morgan fingerprint density at radius 1 is 1.14 bits per heavy atom. The first-order chi connectivity index (χ1) is 13.9. The standard InChI is InChI=1S/C21H23N3O5/c1-3-28-18(26)21(19(27)29-4-2)9-6-8-20(13-22,14-23)17(21)11-16(25)15-7-5-10-24-12-15/h5,7,10,12,17H,3-4,6,8-9,11H2,1-2H3. The molecule has 1 aliphatic carbocycles. The average molecular weight is 397 g/mol. The number of hydrogen-bond acceptors (Lipinski definition) is 8. The van der Waals surface area contributed by atoms with Gasteiger partial charge in [0.15, 0.2) is 11.2 Å². The first-order valence-electron chi connectivity index (χ1n) is 9.52. The van der Waals surface area contributed by atoms with E-state index in [2.05, 4.69) is 4.98 Å². The second-order valence-corrected chi connectivity index (χ2v) is 6.88. The number of esters is 2. The topological polar surface area (TPSA) is 130 Å². The van der Waals surface area contributed by atoms with Crippen LogP contribution in [0.15, 0.2) is 24.5 Å². The van der Waals surface area contributed by atoms with Gasteiger partial charge in [0.1, 0.15) is 5.41 Å². The molecule has 29 heavy (non-hydrogen) atoms. The summed E-state index contributed by atoms with van der Waals surface area (Å²) < 4.78 is 10.3. The van der Waals surface area contributed by atoms with E-state index in [4.69, 9.17) is 9.47 Å². The summed E-state index contributed by atoms with van der Waals surface area (Å²) in [6, 6.07) is 7.09. The van der Waals surface area contributed by atoms with Gasteiger partial charge < -0.3 is 9.47 Å². The number of nitriles is 2. The van der Waals surface area contributed by atoms with E-state index in [9.17, 15) is 24.9 Å². The van der Waals surface area contributed by atoms with E-state index in [-0.39, 0.29) is 44.5 Å². The summed E-state index contributed by atoms with van der Waals surface area (Å²) in [5.41, 5.74) is -3.33. The first kappa shape index (κ1) is 22.0. The van der Waals surface area contributed by atoms with Crippen LogP contribution in [-0.2, 0) is 19.1 Å². The number of ketones is 1. The van der Waals surface area contributed by atoms with Crippen LogP contribution in [0, 0.1) is 39.4 Å². The molecule has 0 aliphatic heterocycles. The molecule has 0 N–H and O–H groups in total. The summed E-state index contributed by atoms with van der Waals surface area (Å²) in [4.78, 5) is 42.9. The highest BCUT2D eigenvalue weighted by molar-refractivity contribution is 6.03. The normalized spacial score (nSPS) is 19.2. The van der Waals surface area contributed by atoms with Gasteiger partial charge in [-0.2, -0.15) is 10.5 Å². The van der Waals surface area contributed by atoms with Gasteiger partial charge in [0.05, 0.1) is 25.4 Å². The molecule has 1 aromatic heterocycles. The van der Waals surface area contributed by atoms with Gasteiger partial charge in [0.25, 0.3) is 0 Å². The Balaban J connectivity index is 2.62. The first-order valence-corrected chi connectivity index (χ1v) is 9.52. The molecule has 1 heterocycles. The van der Waals surface area contributed by atoms with Crippen molar-refractivity contribution in [3.63, 3.8) is 0 Å². The fourth-order valence-corrected chi connectivity index (χ4v) is 3.98. The number of carbonyl (C=O) groups is 3. The minimum absolute atomic E-state index is 0.00929. The van der Waals surface area contributed by atoms with Gasteiger partial charge >= 0.3 is 11.9 Å². The Bertz CT molecular complexity index is 821. The maximum absolute atomic E-state index is 13.0. The zero-order valence-electron chi connectivity index (χ0n) is 16.5. The van der Waals surface area contributed by atoms with E-state index < -0.39 is 34.5 Å². The Kier molecular flexibility index (Phi) is 7.06. The van der Waals surface area contributed by atoms with Crippen molar-refractivity contribution < 1.29 is 23.9 Å². The molecule has 0 aromatic carbocycles. The zero-order valence-corrected chi connectivity index (χ0v) is 16.5. The Labute approximate surface area is 169 Å². The number of ether oxygens (including phenoxy) is 2. The smallest absolute Gasteiger partial charge is 0.323 e. The maximum atomic E-state index is 13.0. The maximum Gasteiger partial charge on any atom is 0.323 e. The van der Waals surface area contributed by atoms with E-state index in [0.717, 1.165) is 0 Å². The largest absolute Gasteiger partial charge is 0.465 e. The van der Waals surface area contributed by atoms with Crippen molar-refractivity contribution in [2.45, 2.75) is 39.5 Å². The molecule has 0 spiro atoms. The molecule has 1 saturated carbocycles. The number of pyridine rings is 1. The van der Waals surface area contributed by atoms with Crippen molar-refractivity contribution in [1.82, 2.24) is 4.98 Å². The highest BCUT2D eigenvalue weighted by Crippen LogP contribution is 2.54. The van der Waals surface area contributed by atoms with Crippen molar-refractivity contribution in [3.8, 4) is 12.1 Å². The lowest BCUT2D eigenvalue weighted by molar-refractivity contribution is -0.183. The Morgan fingerprint density at radius 2 is 1.76 bits per heavy atom. The van der Waals surface area contributed by atoms with Crippen LogP contribution in [0.1, 0.15) is 49.9 Å². The minimum Gasteiger partial charge on any atom is -0.465 e. The van der Waals surface area contributed by atoms with Crippen LogP contribution >= 0.6 is 0 Å². The van der Waals surface area contributed by atoms with Gasteiger partial charge in [-0.25, -0.2) is 0 Å². The van der Waals surface area contributed by atoms with Crippen molar-refractivity contribution in [3.05, 3.63) is 30.1 Å². The average Bonchev–Trinajstić information content (AvgIpc) is 2.74. The fourth-order valence-electron chi connectivity index (χ4n) is 3.98. The van der Waals surface area contributed by atoms with Crippen molar-refractivity contribution in [1.29, 1.82) is 10.5 Å². The molecule has 0 saturated heterocycles. The molecule has 0 amide bonds. The highest BCUT2D eigenvalue weighted by atomic mass is 16.6. The Morgan fingerprint density at radius 3 is 2.24 bits per heavy atom. The van der Waals surface area contributed by atoms with Crippen molar-refractivity contribution in [2.75, 3.05) is 13.2 Å². The minimum atomic E-state index is -1.90. The van der Waals surface area contributed by atoms with Gasteiger partial charge in [0, 0.05) is 30.3 Å². The second kappa shape index (κ2) is 9.29. The van der Waals surface area contributed by atoms with Crippen LogP contribution in [0.25, 0.3) is 0 Å². The molecule has 152 valence electrons. The number of carbonyl (C=O) groups excluding carboxylic acids is 3. The van der Waals surface area contributed by atoms with E-state index in [1.165, 1.54) is 12.4 Å². The van der Waals surface area contributed by atoms with Crippen LogP contribution in [0.2, 0.25) is 0 Å². The third-order valence-corrected chi connectivity index (χ3v) is 5.38. The molecular weight excluding hydrogens is 374 g/mol. The second-order valence-electron chi connectivity index (χ2n) is 6.88. The predicted molar refractivity (Wildman–Crippen MR) is 99.9 cm³/mol. The summed E-state index contributed by atoms with van der Waals surface area (Å²) >= 11 is 0. The lowest BCUT2D eigenvalue weighted by Gasteiger charge is -2.45. The third kappa shape index (κ3) is 3.97. The molecule has 1 unspecified atom stereocenters. The number of aromatic nitrogens is 1. The summed E-state index contributed by atoms with van der Waals surface area (Å²) in [6.07, 6.45) is 2.98. The van der Waals surface area contributed by atoms with E-state index in [1.54, 1.807) is 26.0 Å². The zero-order chi connectivity index (χ0) is 21.5. The molecule has 0 radical (unpaired) electrons. The van der Waals surface area contributed by atoms with Crippen LogP contribution in [0.5, 0.6) is 0 Å². The van der Waals surface area contributed by atoms with E-state index >= 15 is 0 Å². The van der Waals surface area contributed by atoms with Gasteiger partial charge in [-0.1, -0.05) is 0 Å². The van der Waals surface area contributed by atoms with Gasteiger partial charge in [-0.05, 0) is 45.2 Å². The van der Waals surface area contributed by atoms with Crippen molar-refractivity contribution >= 4 is 17.7 Å². The van der Waals surface area contributed by atoms with Gasteiger partial charge in [-0.15, -0.1) is 0 Å². The summed E-state index contributed by atoms with van der Waals surface area (Å²) in [5.74, 6) is -3.35. The SMILES string of the molecule is CCOC(=O)C1(C(=O)OCC)CCCC(C#N)(C#N)C1CC(=O)c1cccnc1. The van der Waals surface area contributed by atoms with Crippen LogP contribution < -0.4 is 0 Å². The molecule has 1 fully saturated rings. The molecule has 1 aromatic rings. The summed E-state index contributed by atoms with van der Waals surface area (Å²) in [5, 5.41) is 19.7. The fraction of sp³-hybridized carbons (Fsp3) is 0.524. The van der Waals surface area contributed by atoms with E-state index in [0.29, 0.717) is 0 Å². The summed E-state index contributed by atoms with van der Waals surface area (Å²) in [6.45, 7) is 3.21. The van der Waals surface area contributed by atoms with Gasteiger partial charge in [-0.3, -0.25) is 19.4 Å². The molecule has 8 nitrogen and oxygen atoms in total. The van der Waals surface area contributed by atoms with Crippen molar-refractivity contribution in [2.24, 2.45) is 16.7 Å².